The van der Waals surface area contributed by atoms with Gasteiger partial charge in [-0.25, -0.2) is 0 Å². The summed E-state index contributed by atoms with van der Waals surface area (Å²) >= 11 is 6.14. The largest absolute Gasteiger partial charge is 0.377 e. The Labute approximate surface area is 161 Å². The number of nitrogens with one attached hydrogen (secondary N) is 2. The maximum absolute atomic E-state index is 6.14. The molecule has 6 heteroatoms. The van der Waals surface area contributed by atoms with Gasteiger partial charge in [-0.05, 0) is 31.0 Å². The zero-order chi connectivity index (χ0) is 18.3. The molecule has 4 rings (SSSR count). The van der Waals surface area contributed by atoms with E-state index in [1.807, 2.05) is 25.2 Å². The number of anilines is 1. The second-order valence-electron chi connectivity index (χ2n) is 8.32. The minimum atomic E-state index is 0.154. The molecule has 2 heterocycles. The second-order valence-corrected chi connectivity index (χ2v) is 8.75. The van der Waals surface area contributed by atoms with Crippen LogP contribution in [0.3, 0.4) is 0 Å². The molecular weight excluding hydrogens is 348 g/mol. The second kappa shape index (κ2) is 6.93. The van der Waals surface area contributed by atoms with Crippen molar-refractivity contribution < 1.29 is 4.74 Å². The van der Waals surface area contributed by atoms with E-state index in [1.165, 1.54) is 5.69 Å². The van der Waals surface area contributed by atoms with Gasteiger partial charge in [0.2, 0.25) is 0 Å². The smallest absolute Gasteiger partial charge is 0.191 e. The van der Waals surface area contributed by atoms with Crippen LogP contribution in [-0.4, -0.2) is 50.9 Å². The van der Waals surface area contributed by atoms with Crippen molar-refractivity contribution in [2.24, 2.45) is 16.3 Å². The van der Waals surface area contributed by atoms with Gasteiger partial charge in [-0.1, -0.05) is 31.5 Å². The first kappa shape index (κ1) is 17.9. The summed E-state index contributed by atoms with van der Waals surface area (Å²) in [5, 5.41) is 8.08. The lowest BCUT2D eigenvalue weighted by molar-refractivity contribution is -0.106. The summed E-state index contributed by atoms with van der Waals surface area (Å²) in [5.41, 5.74) is 1.34. The van der Waals surface area contributed by atoms with Gasteiger partial charge in [0.05, 0.1) is 6.10 Å². The van der Waals surface area contributed by atoms with Crippen LogP contribution in [0.4, 0.5) is 5.69 Å². The number of hydrogen-bond acceptors (Lipinski definition) is 3. The Hall–Kier alpha value is -1.46. The lowest BCUT2D eigenvalue weighted by atomic mass is 9.57. The molecule has 1 aromatic carbocycles. The third-order valence-electron chi connectivity index (χ3n) is 6.32. The molecule has 0 aromatic heterocycles. The highest BCUT2D eigenvalue weighted by Gasteiger charge is 2.59. The van der Waals surface area contributed by atoms with E-state index < -0.39 is 0 Å². The molecule has 0 bridgehead atoms. The molecular formula is C20H29ClN4O. The van der Waals surface area contributed by atoms with Gasteiger partial charge >= 0.3 is 0 Å². The number of ether oxygens (including phenoxy) is 1. The van der Waals surface area contributed by atoms with Gasteiger partial charge in [-0.15, -0.1) is 0 Å². The van der Waals surface area contributed by atoms with E-state index in [0.717, 1.165) is 43.5 Å². The van der Waals surface area contributed by atoms with E-state index in [1.54, 1.807) is 0 Å². The van der Waals surface area contributed by atoms with E-state index in [0.29, 0.717) is 24.1 Å². The van der Waals surface area contributed by atoms with E-state index in [4.69, 9.17) is 16.3 Å². The van der Waals surface area contributed by atoms with Gasteiger partial charge in [-0.2, -0.15) is 0 Å². The topological polar surface area (TPSA) is 48.9 Å². The van der Waals surface area contributed by atoms with E-state index in [-0.39, 0.29) is 5.41 Å². The minimum absolute atomic E-state index is 0.154. The first-order valence-electron chi connectivity index (χ1n) is 9.61. The molecule has 3 fully saturated rings. The van der Waals surface area contributed by atoms with Crippen LogP contribution in [0.1, 0.15) is 26.7 Å². The van der Waals surface area contributed by atoms with Crippen LogP contribution in [0, 0.1) is 11.3 Å². The number of rotatable bonds is 3. The van der Waals surface area contributed by atoms with Gasteiger partial charge < -0.3 is 20.3 Å². The van der Waals surface area contributed by atoms with Crippen LogP contribution in [0.15, 0.2) is 29.3 Å². The fourth-order valence-corrected chi connectivity index (χ4v) is 5.10. The molecule has 2 saturated heterocycles. The van der Waals surface area contributed by atoms with Crippen LogP contribution < -0.4 is 15.5 Å². The lowest BCUT2D eigenvalue weighted by Gasteiger charge is -2.55. The third kappa shape index (κ3) is 3.16. The maximum Gasteiger partial charge on any atom is 0.191 e. The number of fused-ring (bicyclic) bond motifs is 1. The Balaban J connectivity index is 1.35. The van der Waals surface area contributed by atoms with Crippen molar-refractivity contribution in [3.8, 4) is 0 Å². The van der Waals surface area contributed by atoms with Crippen molar-refractivity contribution in [1.82, 2.24) is 10.6 Å². The van der Waals surface area contributed by atoms with E-state index in [9.17, 15) is 0 Å². The van der Waals surface area contributed by atoms with Crippen molar-refractivity contribution >= 4 is 23.2 Å². The van der Waals surface area contributed by atoms with Crippen molar-refractivity contribution in [3.05, 3.63) is 29.3 Å². The fraction of sp³-hybridized carbons (Fsp3) is 0.650. The zero-order valence-electron chi connectivity index (χ0n) is 15.8. The van der Waals surface area contributed by atoms with Gasteiger partial charge in [0.15, 0.2) is 5.96 Å². The highest BCUT2D eigenvalue weighted by Crippen LogP contribution is 2.52. The number of aliphatic imine (C=N–C) groups is 1. The predicted molar refractivity (Wildman–Crippen MR) is 107 cm³/mol. The van der Waals surface area contributed by atoms with E-state index >= 15 is 0 Å². The van der Waals surface area contributed by atoms with Crippen LogP contribution in [0.5, 0.6) is 0 Å². The quantitative estimate of drug-likeness (QED) is 0.629. The number of nitrogens with zero attached hydrogens (tertiary/aromatic N) is 2. The average molecular weight is 377 g/mol. The third-order valence-corrected chi connectivity index (χ3v) is 6.55. The monoisotopic (exact) mass is 376 g/mol. The number of hydrogen-bond donors (Lipinski definition) is 2. The Morgan fingerprint density at radius 1 is 1.31 bits per heavy atom. The van der Waals surface area contributed by atoms with Crippen LogP contribution in [0.25, 0.3) is 0 Å². The molecule has 5 nitrogen and oxygen atoms in total. The Bertz CT molecular complexity index is 692. The minimum Gasteiger partial charge on any atom is -0.377 e. The molecule has 1 aliphatic carbocycles. The van der Waals surface area contributed by atoms with Crippen molar-refractivity contribution in [3.63, 3.8) is 0 Å². The highest BCUT2D eigenvalue weighted by molar-refractivity contribution is 6.30. The van der Waals surface area contributed by atoms with Crippen molar-refractivity contribution in [2.75, 3.05) is 31.6 Å². The number of guanidine groups is 1. The summed E-state index contributed by atoms with van der Waals surface area (Å²) in [6, 6.07) is 8.90. The Kier molecular flexibility index (Phi) is 4.78. The van der Waals surface area contributed by atoms with Crippen molar-refractivity contribution in [2.45, 2.75) is 44.9 Å². The predicted octanol–water partition coefficient (Wildman–Crippen LogP) is 2.90. The summed E-state index contributed by atoms with van der Waals surface area (Å²) in [6.07, 6.45) is 2.63. The highest BCUT2D eigenvalue weighted by atomic mass is 35.5. The first-order chi connectivity index (χ1) is 12.5. The molecule has 4 atom stereocenters. The fourth-order valence-electron chi connectivity index (χ4n) is 4.91. The molecule has 4 unspecified atom stereocenters. The molecule has 3 aliphatic rings. The number of benzene rings is 1. The standard InChI is InChI=1S/C20H29ClN4O/c1-20(2)17(16-8-10-26-18(16)20)24-19(22-3)23-14-7-9-25(12-14)15-6-4-5-13(21)11-15/h4-6,11,14,16-18H,7-10,12H2,1-3H3,(H2,22,23,24). The SMILES string of the molecule is CN=C(NC1CCN(c2cccc(Cl)c2)C1)NC1C2CCOC2C1(C)C. The summed E-state index contributed by atoms with van der Waals surface area (Å²) < 4.78 is 5.90. The lowest BCUT2D eigenvalue weighted by Crippen LogP contribution is -2.68. The van der Waals surface area contributed by atoms with Crippen LogP contribution in [-0.2, 0) is 4.74 Å². The first-order valence-corrected chi connectivity index (χ1v) is 9.99. The Morgan fingerprint density at radius 3 is 2.92 bits per heavy atom. The molecule has 0 spiro atoms. The maximum atomic E-state index is 6.14. The van der Waals surface area contributed by atoms with Crippen LogP contribution >= 0.6 is 11.6 Å². The molecule has 1 saturated carbocycles. The summed E-state index contributed by atoms with van der Waals surface area (Å²) in [4.78, 5) is 6.86. The molecule has 0 radical (unpaired) electrons. The molecule has 142 valence electrons. The summed E-state index contributed by atoms with van der Waals surface area (Å²) in [6.45, 7) is 7.47. The van der Waals surface area contributed by atoms with Gasteiger partial charge in [0.25, 0.3) is 0 Å². The molecule has 26 heavy (non-hydrogen) atoms. The molecule has 2 N–H and O–H groups in total. The van der Waals surface area contributed by atoms with Gasteiger partial charge in [-0.3, -0.25) is 4.99 Å². The molecule has 0 amide bonds. The summed E-state index contributed by atoms with van der Waals surface area (Å²) in [5.74, 6) is 1.52. The van der Waals surface area contributed by atoms with Gasteiger partial charge in [0, 0.05) is 60.9 Å². The number of halogens is 1. The van der Waals surface area contributed by atoms with Crippen LogP contribution in [0.2, 0.25) is 5.02 Å². The van der Waals surface area contributed by atoms with Crippen molar-refractivity contribution in [1.29, 1.82) is 0 Å². The molecule has 1 aromatic rings. The average Bonchev–Trinajstić information content (AvgIpc) is 3.26. The molecule has 2 aliphatic heterocycles. The summed E-state index contributed by atoms with van der Waals surface area (Å²) in [7, 11) is 1.85. The Morgan fingerprint density at radius 2 is 2.15 bits per heavy atom. The van der Waals surface area contributed by atoms with E-state index in [2.05, 4.69) is 40.4 Å². The normalized spacial score (nSPS) is 32.9. The zero-order valence-corrected chi connectivity index (χ0v) is 16.6. The van der Waals surface area contributed by atoms with Gasteiger partial charge in [0.1, 0.15) is 0 Å².